The Hall–Kier alpha value is -1.72. The highest BCUT2D eigenvalue weighted by atomic mass is 16.2. The Labute approximate surface area is 144 Å². The zero-order chi connectivity index (χ0) is 17.4. The monoisotopic (exact) mass is 329 g/mol. The molecule has 2 atom stereocenters. The van der Waals surface area contributed by atoms with Crippen LogP contribution in [0.2, 0.25) is 0 Å². The highest BCUT2D eigenvalue weighted by Gasteiger charge is 2.41. The predicted molar refractivity (Wildman–Crippen MR) is 97.3 cm³/mol. The normalized spacial score (nSPS) is 33.2. The summed E-state index contributed by atoms with van der Waals surface area (Å²) in [7, 11) is 0. The number of carbonyl (C=O) groups excluding carboxylic acids is 1. The van der Waals surface area contributed by atoms with Crippen LogP contribution in [0.4, 0.5) is 0 Å². The second-order valence-electron chi connectivity index (χ2n) is 7.65. The quantitative estimate of drug-likeness (QED) is 0.614. The third kappa shape index (κ3) is 2.98. The standard InChI is InChI=1S/C19H28N4O/c1-14(2)23(11-5-8-21-23)13-17-15(3)12-19(4,22-18(17)24)16-6-9-20-10-7-16/h5-6,8,11,14,20H,7,9-10,12-13H2,1-4H3/p+1. The Morgan fingerprint density at radius 1 is 1.42 bits per heavy atom. The van der Waals surface area contributed by atoms with Crippen LogP contribution >= 0.6 is 0 Å². The maximum absolute atomic E-state index is 12.9. The van der Waals surface area contributed by atoms with Crippen LogP contribution in [0.25, 0.3) is 0 Å². The van der Waals surface area contributed by atoms with E-state index in [9.17, 15) is 4.79 Å². The van der Waals surface area contributed by atoms with Crippen LogP contribution < -0.4 is 10.6 Å². The van der Waals surface area contributed by atoms with Gasteiger partial charge in [0.15, 0.2) is 0 Å². The number of nitrogens with zero attached hydrogens (tertiary/aromatic N) is 2. The van der Waals surface area contributed by atoms with Crippen LogP contribution in [0.1, 0.15) is 40.5 Å². The summed E-state index contributed by atoms with van der Waals surface area (Å²) in [5, 5.41) is 11.3. The van der Waals surface area contributed by atoms with Crippen molar-refractivity contribution in [2.24, 2.45) is 5.10 Å². The van der Waals surface area contributed by atoms with Gasteiger partial charge in [0.05, 0.1) is 17.3 Å². The molecule has 24 heavy (non-hydrogen) atoms. The van der Waals surface area contributed by atoms with Crippen molar-refractivity contribution in [3.8, 4) is 0 Å². The van der Waals surface area contributed by atoms with Crippen molar-refractivity contribution in [1.82, 2.24) is 10.6 Å². The molecule has 5 heteroatoms. The first-order chi connectivity index (χ1) is 11.4. The van der Waals surface area contributed by atoms with E-state index in [1.54, 1.807) is 0 Å². The fraction of sp³-hybridized carbons (Fsp3) is 0.579. The molecule has 0 saturated carbocycles. The molecule has 0 saturated heterocycles. The molecule has 0 radical (unpaired) electrons. The van der Waals surface area contributed by atoms with Crippen LogP contribution in [0, 0.1) is 0 Å². The van der Waals surface area contributed by atoms with Crippen LogP contribution in [0.3, 0.4) is 0 Å². The van der Waals surface area contributed by atoms with Gasteiger partial charge in [-0.3, -0.25) is 4.79 Å². The second-order valence-corrected chi connectivity index (χ2v) is 7.65. The molecule has 3 heterocycles. The summed E-state index contributed by atoms with van der Waals surface area (Å²) in [5.74, 6) is 0.0642. The first-order valence-electron chi connectivity index (χ1n) is 8.88. The Morgan fingerprint density at radius 3 is 2.75 bits per heavy atom. The second kappa shape index (κ2) is 6.30. The van der Waals surface area contributed by atoms with Gasteiger partial charge in [0.2, 0.25) is 0 Å². The van der Waals surface area contributed by atoms with Gasteiger partial charge in [-0.05, 0) is 52.7 Å². The van der Waals surface area contributed by atoms with E-state index in [1.165, 1.54) is 11.1 Å². The van der Waals surface area contributed by atoms with Crippen LogP contribution in [-0.4, -0.2) is 47.9 Å². The molecule has 3 aliphatic rings. The van der Waals surface area contributed by atoms with Gasteiger partial charge < -0.3 is 10.6 Å². The molecule has 1 amide bonds. The Morgan fingerprint density at radius 2 is 2.21 bits per heavy atom. The highest BCUT2D eigenvalue weighted by Crippen LogP contribution is 2.34. The molecule has 0 fully saturated rings. The first kappa shape index (κ1) is 17.1. The van der Waals surface area contributed by atoms with E-state index >= 15 is 0 Å². The smallest absolute Gasteiger partial charge is 0.253 e. The summed E-state index contributed by atoms with van der Waals surface area (Å²) < 4.78 is 0.476. The minimum atomic E-state index is -0.250. The van der Waals surface area contributed by atoms with Gasteiger partial charge in [0.25, 0.3) is 5.91 Å². The summed E-state index contributed by atoms with van der Waals surface area (Å²) in [6, 6.07) is 0.300. The van der Waals surface area contributed by atoms with Gasteiger partial charge in [0, 0.05) is 12.6 Å². The summed E-state index contributed by atoms with van der Waals surface area (Å²) in [4.78, 5) is 12.9. The zero-order valence-corrected chi connectivity index (χ0v) is 15.2. The zero-order valence-electron chi connectivity index (χ0n) is 15.2. The van der Waals surface area contributed by atoms with Gasteiger partial charge >= 0.3 is 0 Å². The molecule has 3 aliphatic heterocycles. The van der Waals surface area contributed by atoms with E-state index in [0.29, 0.717) is 17.2 Å². The van der Waals surface area contributed by atoms with Crippen molar-refractivity contribution in [1.29, 1.82) is 0 Å². The molecule has 0 aliphatic carbocycles. The number of nitrogens with one attached hydrogen (secondary N) is 2. The number of amides is 1. The lowest BCUT2D eigenvalue weighted by Crippen LogP contribution is -2.55. The number of carbonyl (C=O) groups is 1. The highest BCUT2D eigenvalue weighted by molar-refractivity contribution is 5.96. The summed E-state index contributed by atoms with van der Waals surface area (Å²) in [5.41, 5.74) is 3.17. The molecule has 130 valence electrons. The Bertz CT molecular complexity index is 644. The molecular weight excluding hydrogens is 300 g/mol. The Kier molecular flexibility index (Phi) is 4.49. The fourth-order valence-corrected chi connectivity index (χ4v) is 3.95. The van der Waals surface area contributed by atoms with Gasteiger partial charge in [-0.25, -0.2) is 0 Å². The number of hydrogen-bond acceptors (Lipinski definition) is 3. The molecular formula is C19H29N4O+. The third-order valence-electron chi connectivity index (χ3n) is 5.59. The average Bonchev–Trinajstić information content (AvgIpc) is 3.02. The van der Waals surface area contributed by atoms with Crippen molar-refractivity contribution in [3.63, 3.8) is 0 Å². The lowest BCUT2D eigenvalue weighted by molar-refractivity contribution is -0.899. The fourth-order valence-electron chi connectivity index (χ4n) is 3.95. The molecule has 0 aromatic carbocycles. The van der Waals surface area contributed by atoms with E-state index in [-0.39, 0.29) is 11.4 Å². The van der Waals surface area contributed by atoms with E-state index in [4.69, 9.17) is 0 Å². The Balaban J connectivity index is 1.86. The molecule has 0 aromatic rings. The van der Waals surface area contributed by atoms with Gasteiger partial charge in [-0.15, -0.1) is 0 Å². The summed E-state index contributed by atoms with van der Waals surface area (Å²) in [6.07, 6.45) is 10.0. The van der Waals surface area contributed by atoms with Gasteiger partial charge in [0.1, 0.15) is 18.8 Å². The van der Waals surface area contributed by atoms with E-state index < -0.39 is 0 Å². The van der Waals surface area contributed by atoms with Crippen molar-refractivity contribution in [2.75, 3.05) is 19.6 Å². The number of allylic oxidation sites excluding steroid dienone is 1. The van der Waals surface area contributed by atoms with Crippen molar-refractivity contribution < 1.29 is 9.39 Å². The number of quaternary nitrogens is 1. The maximum atomic E-state index is 12.9. The number of hydrogen-bond donors (Lipinski definition) is 2. The molecule has 3 rings (SSSR count). The van der Waals surface area contributed by atoms with Crippen LogP contribution in [0.5, 0.6) is 0 Å². The maximum Gasteiger partial charge on any atom is 0.253 e. The lowest BCUT2D eigenvalue weighted by atomic mass is 9.78. The largest absolute Gasteiger partial charge is 0.343 e. The van der Waals surface area contributed by atoms with Crippen molar-refractivity contribution >= 4 is 12.1 Å². The molecule has 0 aromatic heterocycles. The molecule has 0 bridgehead atoms. The molecule has 2 N–H and O–H groups in total. The minimum Gasteiger partial charge on any atom is -0.343 e. The SMILES string of the molecule is CC1=C(C[N+]2(C(C)C)C=CC=N2)C(=O)NC(C)(C2=CCNCC2)C1. The molecule has 0 spiro atoms. The molecule has 2 unspecified atom stereocenters. The van der Waals surface area contributed by atoms with E-state index in [0.717, 1.165) is 31.5 Å². The third-order valence-corrected chi connectivity index (χ3v) is 5.59. The average molecular weight is 329 g/mol. The lowest BCUT2D eigenvalue weighted by Gasteiger charge is -2.41. The topological polar surface area (TPSA) is 53.5 Å². The van der Waals surface area contributed by atoms with Gasteiger partial charge in [-0.1, -0.05) is 16.8 Å². The number of rotatable bonds is 4. The first-order valence-corrected chi connectivity index (χ1v) is 8.88. The van der Waals surface area contributed by atoms with Crippen LogP contribution in [0.15, 0.2) is 40.2 Å². The van der Waals surface area contributed by atoms with Crippen molar-refractivity contribution in [2.45, 2.75) is 52.1 Å². The summed E-state index contributed by atoms with van der Waals surface area (Å²) >= 11 is 0. The van der Waals surface area contributed by atoms with E-state index in [1.807, 2.05) is 12.3 Å². The minimum absolute atomic E-state index is 0.0642. The summed E-state index contributed by atoms with van der Waals surface area (Å²) in [6.45, 7) is 11.1. The predicted octanol–water partition coefficient (Wildman–Crippen LogP) is 2.24. The van der Waals surface area contributed by atoms with Crippen molar-refractivity contribution in [3.05, 3.63) is 35.1 Å². The van der Waals surface area contributed by atoms with Crippen LogP contribution in [-0.2, 0) is 4.79 Å². The van der Waals surface area contributed by atoms with E-state index in [2.05, 4.69) is 55.7 Å². The van der Waals surface area contributed by atoms with Gasteiger partial charge in [-0.2, -0.15) is 4.59 Å². The molecule has 5 nitrogen and oxygen atoms in total.